The SMILES string of the molecule is C[C@]12CCCC[C@H]1CC[C@@H]1[C@H]3CC[C@](C)(O)[C@@]3(C)CC[C@@H]12. The first-order chi connectivity index (χ1) is 9.88. The van der Waals surface area contributed by atoms with Crippen molar-refractivity contribution in [3.05, 3.63) is 0 Å². The minimum Gasteiger partial charge on any atom is -0.390 e. The van der Waals surface area contributed by atoms with E-state index in [9.17, 15) is 5.11 Å². The lowest BCUT2D eigenvalue weighted by Gasteiger charge is -2.61. The topological polar surface area (TPSA) is 20.2 Å². The summed E-state index contributed by atoms with van der Waals surface area (Å²) in [5.41, 5.74) is 0.427. The number of hydrogen-bond acceptors (Lipinski definition) is 1. The van der Waals surface area contributed by atoms with E-state index in [1.165, 1.54) is 57.8 Å². The van der Waals surface area contributed by atoms with E-state index in [-0.39, 0.29) is 5.41 Å². The van der Waals surface area contributed by atoms with E-state index >= 15 is 0 Å². The molecule has 21 heavy (non-hydrogen) atoms. The maximum Gasteiger partial charge on any atom is 0.0675 e. The van der Waals surface area contributed by atoms with E-state index in [1.54, 1.807) is 0 Å². The van der Waals surface area contributed by atoms with E-state index < -0.39 is 5.60 Å². The Morgan fingerprint density at radius 2 is 1.52 bits per heavy atom. The fourth-order valence-electron chi connectivity index (χ4n) is 7.54. The summed E-state index contributed by atoms with van der Waals surface area (Å²) in [5.74, 6) is 3.69. The summed E-state index contributed by atoms with van der Waals surface area (Å²) in [7, 11) is 0. The molecule has 0 saturated heterocycles. The van der Waals surface area contributed by atoms with E-state index in [1.807, 2.05) is 0 Å². The van der Waals surface area contributed by atoms with Crippen LogP contribution in [0.25, 0.3) is 0 Å². The molecule has 4 rings (SSSR count). The Morgan fingerprint density at radius 3 is 2.33 bits per heavy atom. The summed E-state index contributed by atoms with van der Waals surface area (Å²) < 4.78 is 0. The smallest absolute Gasteiger partial charge is 0.0675 e. The minimum absolute atomic E-state index is 0.200. The van der Waals surface area contributed by atoms with Crippen molar-refractivity contribution in [1.29, 1.82) is 0 Å². The first-order valence-corrected chi connectivity index (χ1v) is 9.61. The van der Waals surface area contributed by atoms with Crippen molar-refractivity contribution in [2.45, 2.75) is 90.6 Å². The second-order valence-corrected chi connectivity index (χ2v) is 9.67. The van der Waals surface area contributed by atoms with Crippen LogP contribution in [0.3, 0.4) is 0 Å². The van der Waals surface area contributed by atoms with Gasteiger partial charge in [0.25, 0.3) is 0 Å². The van der Waals surface area contributed by atoms with Crippen LogP contribution < -0.4 is 0 Å². The molecule has 4 aliphatic carbocycles. The molecule has 4 saturated carbocycles. The average Bonchev–Trinajstić information content (AvgIpc) is 2.69. The Labute approximate surface area is 130 Å². The Bertz CT molecular complexity index is 428. The van der Waals surface area contributed by atoms with Gasteiger partial charge in [0.1, 0.15) is 0 Å². The largest absolute Gasteiger partial charge is 0.390 e. The van der Waals surface area contributed by atoms with Crippen molar-refractivity contribution in [2.75, 3.05) is 0 Å². The summed E-state index contributed by atoms with van der Waals surface area (Å²) in [6.07, 6.45) is 13.9. The van der Waals surface area contributed by atoms with Crippen molar-refractivity contribution >= 4 is 0 Å². The third-order valence-electron chi connectivity index (χ3n) is 9.15. The van der Waals surface area contributed by atoms with Crippen LogP contribution in [0, 0.1) is 34.5 Å². The lowest BCUT2D eigenvalue weighted by molar-refractivity contribution is -0.145. The molecule has 0 aromatic heterocycles. The first-order valence-electron chi connectivity index (χ1n) is 9.61. The maximum absolute atomic E-state index is 10.9. The Morgan fingerprint density at radius 1 is 0.762 bits per heavy atom. The summed E-state index contributed by atoms with van der Waals surface area (Å²) in [6.45, 7) is 7.18. The second kappa shape index (κ2) is 4.49. The molecule has 120 valence electrons. The molecule has 7 atom stereocenters. The van der Waals surface area contributed by atoms with E-state index in [2.05, 4.69) is 20.8 Å². The first kappa shape index (κ1) is 14.5. The van der Waals surface area contributed by atoms with Gasteiger partial charge < -0.3 is 5.11 Å². The molecule has 0 spiro atoms. The van der Waals surface area contributed by atoms with Crippen molar-refractivity contribution < 1.29 is 5.11 Å². The molecule has 0 radical (unpaired) electrons. The highest BCUT2D eigenvalue weighted by Crippen LogP contribution is 2.68. The number of rotatable bonds is 0. The molecule has 0 unspecified atom stereocenters. The molecule has 1 heteroatoms. The van der Waals surface area contributed by atoms with Gasteiger partial charge in [0, 0.05) is 0 Å². The van der Waals surface area contributed by atoms with Crippen LogP contribution >= 0.6 is 0 Å². The molecular weight excluding hydrogens is 256 g/mol. The van der Waals surface area contributed by atoms with E-state index in [4.69, 9.17) is 0 Å². The van der Waals surface area contributed by atoms with E-state index in [0.717, 1.165) is 30.1 Å². The zero-order valence-corrected chi connectivity index (χ0v) is 14.3. The van der Waals surface area contributed by atoms with Gasteiger partial charge >= 0.3 is 0 Å². The molecule has 0 heterocycles. The van der Waals surface area contributed by atoms with E-state index in [0.29, 0.717) is 5.41 Å². The molecule has 1 nitrogen and oxygen atoms in total. The van der Waals surface area contributed by atoms with Gasteiger partial charge in [-0.15, -0.1) is 0 Å². The molecular formula is C20H34O. The van der Waals surface area contributed by atoms with Gasteiger partial charge in [-0.25, -0.2) is 0 Å². The second-order valence-electron chi connectivity index (χ2n) is 9.67. The fraction of sp³-hybridized carbons (Fsp3) is 1.00. The lowest BCUT2D eigenvalue weighted by atomic mass is 9.44. The van der Waals surface area contributed by atoms with Crippen LogP contribution in [0.4, 0.5) is 0 Å². The maximum atomic E-state index is 10.9. The third-order valence-corrected chi connectivity index (χ3v) is 9.15. The van der Waals surface area contributed by atoms with Gasteiger partial charge in [0.05, 0.1) is 5.60 Å². The van der Waals surface area contributed by atoms with Gasteiger partial charge in [-0.1, -0.05) is 26.7 Å². The zero-order chi connectivity index (χ0) is 14.9. The van der Waals surface area contributed by atoms with Crippen molar-refractivity contribution in [1.82, 2.24) is 0 Å². The molecule has 0 aliphatic heterocycles. The van der Waals surface area contributed by atoms with Gasteiger partial charge in [-0.2, -0.15) is 0 Å². The quantitative estimate of drug-likeness (QED) is 0.652. The predicted octanol–water partition coefficient (Wildman–Crippen LogP) is 5.17. The van der Waals surface area contributed by atoms with Crippen molar-refractivity contribution in [3.63, 3.8) is 0 Å². The van der Waals surface area contributed by atoms with Crippen LogP contribution in [0.1, 0.15) is 85.0 Å². The van der Waals surface area contributed by atoms with Gasteiger partial charge in [0.15, 0.2) is 0 Å². The zero-order valence-electron chi connectivity index (χ0n) is 14.3. The number of hydrogen-bond donors (Lipinski definition) is 1. The highest BCUT2D eigenvalue weighted by atomic mass is 16.3. The van der Waals surface area contributed by atoms with Crippen molar-refractivity contribution in [3.8, 4) is 0 Å². The monoisotopic (exact) mass is 290 g/mol. The third kappa shape index (κ3) is 1.79. The molecule has 1 N–H and O–H groups in total. The average molecular weight is 290 g/mol. The molecule has 0 bridgehead atoms. The van der Waals surface area contributed by atoms with Crippen LogP contribution in [0.15, 0.2) is 0 Å². The highest BCUT2D eigenvalue weighted by molar-refractivity contribution is 5.12. The van der Waals surface area contributed by atoms with Crippen LogP contribution in [0.2, 0.25) is 0 Å². The highest BCUT2D eigenvalue weighted by Gasteiger charge is 2.62. The summed E-state index contributed by atoms with van der Waals surface area (Å²) >= 11 is 0. The number of aliphatic hydroxyl groups is 1. The normalized spacial score (nSPS) is 60.0. The molecule has 0 aromatic rings. The fourth-order valence-corrected chi connectivity index (χ4v) is 7.54. The summed E-state index contributed by atoms with van der Waals surface area (Å²) in [5, 5.41) is 10.9. The van der Waals surface area contributed by atoms with Crippen LogP contribution in [-0.4, -0.2) is 10.7 Å². The molecule has 0 amide bonds. The lowest BCUT2D eigenvalue weighted by Crippen LogP contribution is -2.55. The van der Waals surface area contributed by atoms with Crippen LogP contribution in [-0.2, 0) is 0 Å². The molecule has 4 aliphatic rings. The van der Waals surface area contributed by atoms with Gasteiger partial charge in [0.2, 0.25) is 0 Å². The van der Waals surface area contributed by atoms with Crippen LogP contribution in [0.5, 0.6) is 0 Å². The van der Waals surface area contributed by atoms with Gasteiger partial charge in [-0.05, 0) is 92.8 Å². The summed E-state index contributed by atoms with van der Waals surface area (Å²) in [4.78, 5) is 0. The minimum atomic E-state index is -0.410. The Balaban J connectivity index is 1.66. The van der Waals surface area contributed by atoms with Gasteiger partial charge in [-0.3, -0.25) is 0 Å². The summed E-state index contributed by atoms with van der Waals surface area (Å²) in [6, 6.07) is 0. The Hall–Kier alpha value is -0.0400. The predicted molar refractivity (Wildman–Crippen MR) is 87.0 cm³/mol. The van der Waals surface area contributed by atoms with Crippen molar-refractivity contribution in [2.24, 2.45) is 34.5 Å². The Kier molecular flexibility index (Phi) is 3.11. The molecule has 0 aromatic carbocycles. The standard InChI is InChI=1S/C20H34O/c1-18-11-5-4-6-14(18)7-8-15-16(18)9-12-19(2)17(15)10-13-20(19,3)21/h14-17,21H,4-13H2,1-3H3/t14-,15-,16-,17+,18-,19-,20-/m0/s1. The molecule has 4 fully saturated rings. The number of fused-ring (bicyclic) bond motifs is 5.